The number of hydrogen-bond acceptors (Lipinski definition) is 3. The standard InChI is InChI=1S/C14H22N4/c1-4-17(10-8-15-12(2)3)14-7-5-6-13-16-9-11-18(13)14/h5-7,9,11-12,15H,4,8,10H2,1-3H3. The van der Waals surface area contributed by atoms with Crippen LogP contribution >= 0.6 is 0 Å². The molecule has 18 heavy (non-hydrogen) atoms. The monoisotopic (exact) mass is 246 g/mol. The van der Waals surface area contributed by atoms with Gasteiger partial charge in [0.1, 0.15) is 11.5 Å². The SMILES string of the molecule is CCN(CCNC(C)C)c1cccc2nccn12. The van der Waals surface area contributed by atoms with Gasteiger partial charge in [0.25, 0.3) is 0 Å². The average molecular weight is 246 g/mol. The minimum Gasteiger partial charge on any atom is -0.357 e. The molecule has 0 saturated heterocycles. The van der Waals surface area contributed by atoms with Crippen LogP contribution in [0.4, 0.5) is 5.82 Å². The van der Waals surface area contributed by atoms with Crippen LogP contribution in [0.2, 0.25) is 0 Å². The maximum atomic E-state index is 4.33. The van der Waals surface area contributed by atoms with Crippen LogP contribution in [0, 0.1) is 0 Å². The van der Waals surface area contributed by atoms with Gasteiger partial charge in [0.2, 0.25) is 0 Å². The predicted molar refractivity (Wildman–Crippen MR) is 76.2 cm³/mol. The first-order valence-corrected chi connectivity index (χ1v) is 6.62. The van der Waals surface area contributed by atoms with E-state index in [0.717, 1.165) is 25.3 Å². The lowest BCUT2D eigenvalue weighted by Crippen LogP contribution is -2.35. The van der Waals surface area contributed by atoms with Crippen molar-refractivity contribution >= 4 is 11.5 Å². The Hall–Kier alpha value is -1.55. The number of likely N-dealkylation sites (N-methyl/N-ethyl adjacent to an activating group) is 1. The van der Waals surface area contributed by atoms with Crippen molar-refractivity contribution in [3.8, 4) is 0 Å². The highest BCUT2D eigenvalue weighted by atomic mass is 15.2. The van der Waals surface area contributed by atoms with Gasteiger partial charge in [0, 0.05) is 38.1 Å². The maximum Gasteiger partial charge on any atom is 0.138 e. The molecule has 0 fully saturated rings. The molecular formula is C14H22N4. The molecule has 0 bridgehead atoms. The van der Waals surface area contributed by atoms with E-state index in [4.69, 9.17) is 0 Å². The number of nitrogens with one attached hydrogen (secondary N) is 1. The molecule has 0 unspecified atom stereocenters. The predicted octanol–water partition coefficient (Wildman–Crippen LogP) is 2.16. The van der Waals surface area contributed by atoms with Crippen LogP contribution in [0.25, 0.3) is 5.65 Å². The number of fused-ring (bicyclic) bond motifs is 1. The molecule has 0 atom stereocenters. The molecule has 0 radical (unpaired) electrons. The number of hydrogen-bond donors (Lipinski definition) is 1. The Kier molecular flexibility index (Phi) is 4.20. The Morgan fingerprint density at radius 1 is 1.39 bits per heavy atom. The molecule has 0 aliphatic heterocycles. The fourth-order valence-corrected chi connectivity index (χ4v) is 2.11. The number of pyridine rings is 1. The average Bonchev–Trinajstić information content (AvgIpc) is 2.82. The number of anilines is 1. The normalized spacial score (nSPS) is 11.3. The zero-order valence-corrected chi connectivity index (χ0v) is 11.4. The molecule has 0 aliphatic carbocycles. The zero-order chi connectivity index (χ0) is 13.0. The fraction of sp³-hybridized carbons (Fsp3) is 0.500. The summed E-state index contributed by atoms with van der Waals surface area (Å²) in [4.78, 5) is 6.69. The molecule has 4 nitrogen and oxygen atoms in total. The van der Waals surface area contributed by atoms with Gasteiger partial charge in [-0.1, -0.05) is 19.9 Å². The quantitative estimate of drug-likeness (QED) is 0.848. The molecule has 0 amide bonds. The minimum absolute atomic E-state index is 0.535. The van der Waals surface area contributed by atoms with E-state index >= 15 is 0 Å². The molecule has 0 aromatic carbocycles. The summed E-state index contributed by atoms with van der Waals surface area (Å²) in [6.45, 7) is 9.53. The molecule has 98 valence electrons. The molecular weight excluding hydrogens is 224 g/mol. The molecule has 2 aromatic rings. The van der Waals surface area contributed by atoms with E-state index in [0.29, 0.717) is 6.04 Å². The van der Waals surface area contributed by atoms with E-state index in [-0.39, 0.29) is 0 Å². The third-order valence-electron chi connectivity index (χ3n) is 3.05. The molecule has 0 saturated carbocycles. The largest absolute Gasteiger partial charge is 0.357 e. The van der Waals surface area contributed by atoms with Crippen molar-refractivity contribution in [2.75, 3.05) is 24.5 Å². The maximum absolute atomic E-state index is 4.33. The Morgan fingerprint density at radius 2 is 2.22 bits per heavy atom. The van der Waals surface area contributed by atoms with E-state index in [1.165, 1.54) is 5.82 Å². The molecule has 0 aliphatic rings. The first-order valence-electron chi connectivity index (χ1n) is 6.62. The van der Waals surface area contributed by atoms with Crippen LogP contribution in [0.5, 0.6) is 0 Å². The highest BCUT2D eigenvalue weighted by Crippen LogP contribution is 2.15. The second kappa shape index (κ2) is 5.87. The number of aromatic nitrogens is 2. The van der Waals surface area contributed by atoms with E-state index < -0.39 is 0 Å². The van der Waals surface area contributed by atoms with E-state index in [9.17, 15) is 0 Å². The Labute approximate surface area is 109 Å². The van der Waals surface area contributed by atoms with Crippen LogP contribution in [0.3, 0.4) is 0 Å². The van der Waals surface area contributed by atoms with E-state index in [1.807, 2.05) is 18.5 Å². The van der Waals surface area contributed by atoms with Gasteiger partial charge in [-0.3, -0.25) is 4.40 Å². The van der Waals surface area contributed by atoms with Crippen LogP contribution in [0.15, 0.2) is 30.6 Å². The number of nitrogens with zero attached hydrogens (tertiary/aromatic N) is 3. The summed E-state index contributed by atoms with van der Waals surface area (Å²) in [6.07, 6.45) is 3.86. The molecule has 0 spiro atoms. The van der Waals surface area contributed by atoms with Crippen LogP contribution in [0.1, 0.15) is 20.8 Å². The Bertz CT molecular complexity index is 489. The van der Waals surface area contributed by atoms with Crippen molar-refractivity contribution in [2.24, 2.45) is 0 Å². The summed E-state index contributed by atoms with van der Waals surface area (Å²) in [5.41, 5.74) is 1.00. The topological polar surface area (TPSA) is 32.6 Å². The van der Waals surface area contributed by atoms with Gasteiger partial charge in [-0.2, -0.15) is 0 Å². The molecule has 2 rings (SSSR count). The van der Waals surface area contributed by atoms with Crippen LogP contribution in [-0.2, 0) is 0 Å². The van der Waals surface area contributed by atoms with Gasteiger partial charge in [0.05, 0.1) is 0 Å². The number of rotatable bonds is 6. The Morgan fingerprint density at radius 3 is 2.94 bits per heavy atom. The van der Waals surface area contributed by atoms with Gasteiger partial charge in [-0.25, -0.2) is 4.98 Å². The Balaban J connectivity index is 2.14. The summed E-state index contributed by atoms with van der Waals surface area (Å²) in [5.74, 6) is 1.21. The molecule has 2 heterocycles. The van der Waals surface area contributed by atoms with Crippen molar-refractivity contribution in [3.05, 3.63) is 30.6 Å². The summed E-state index contributed by atoms with van der Waals surface area (Å²) in [5, 5.41) is 3.46. The van der Waals surface area contributed by atoms with Crippen molar-refractivity contribution in [1.29, 1.82) is 0 Å². The smallest absolute Gasteiger partial charge is 0.138 e. The van der Waals surface area contributed by atoms with Crippen molar-refractivity contribution < 1.29 is 0 Å². The van der Waals surface area contributed by atoms with Crippen molar-refractivity contribution in [3.63, 3.8) is 0 Å². The van der Waals surface area contributed by atoms with Gasteiger partial charge in [0.15, 0.2) is 0 Å². The summed E-state index contributed by atoms with van der Waals surface area (Å²) >= 11 is 0. The highest BCUT2D eigenvalue weighted by Gasteiger charge is 2.08. The fourth-order valence-electron chi connectivity index (χ4n) is 2.11. The first kappa shape index (κ1) is 12.9. The third-order valence-corrected chi connectivity index (χ3v) is 3.05. The van der Waals surface area contributed by atoms with E-state index in [1.54, 1.807) is 0 Å². The lowest BCUT2D eigenvalue weighted by Gasteiger charge is -2.24. The molecule has 4 heteroatoms. The second-order valence-electron chi connectivity index (χ2n) is 4.73. The number of imidazole rings is 1. The molecule has 2 aromatic heterocycles. The first-order chi connectivity index (χ1) is 8.72. The van der Waals surface area contributed by atoms with Crippen molar-refractivity contribution in [1.82, 2.24) is 14.7 Å². The lowest BCUT2D eigenvalue weighted by molar-refractivity contribution is 0.582. The van der Waals surface area contributed by atoms with Crippen LogP contribution in [-0.4, -0.2) is 35.1 Å². The summed E-state index contributed by atoms with van der Waals surface area (Å²) in [7, 11) is 0. The van der Waals surface area contributed by atoms with Gasteiger partial charge < -0.3 is 10.2 Å². The second-order valence-corrected chi connectivity index (χ2v) is 4.73. The van der Waals surface area contributed by atoms with Crippen LogP contribution < -0.4 is 10.2 Å². The third kappa shape index (κ3) is 2.82. The minimum atomic E-state index is 0.535. The van der Waals surface area contributed by atoms with Gasteiger partial charge in [-0.05, 0) is 19.1 Å². The van der Waals surface area contributed by atoms with Gasteiger partial charge in [-0.15, -0.1) is 0 Å². The van der Waals surface area contributed by atoms with Crippen molar-refractivity contribution in [2.45, 2.75) is 26.8 Å². The van der Waals surface area contributed by atoms with Gasteiger partial charge >= 0.3 is 0 Å². The van der Waals surface area contributed by atoms with E-state index in [2.05, 4.69) is 52.5 Å². The highest BCUT2D eigenvalue weighted by molar-refractivity contribution is 5.51. The molecule has 1 N–H and O–H groups in total. The summed E-state index contributed by atoms with van der Waals surface area (Å²) < 4.78 is 2.14. The summed E-state index contributed by atoms with van der Waals surface area (Å²) in [6, 6.07) is 6.78. The lowest BCUT2D eigenvalue weighted by atomic mass is 10.3. The zero-order valence-electron chi connectivity index (χ0n) is 11.4.